The van der Waals surface area contributed by atoms with Gasteiger partial charge in [-0.1, -0.05) is 37.5 Å². The molecule has 0 radical (unpaired) electrons. The predicted molar refractivity (Wildman–Crippen MR) is 134 cm³/mol. The second-order valence-electron chi connectivity index (χ2n) is 8.56. The number of benzene rings is 2. The molecule has 6 nitrogen and oxygen atoms in total. The van der Waals surface area contributed by atoms with E-state index in [4.69, 9.17) is 4.74 Å². The van der Waals surface area contributed by atoms with Crippen LogP contribution in [0, 0.1) is 0 Å². The first-order valence-electron chi connectivity index (χ1n) is 11.6. The zero-order chi connectivity index (χ0) is 23.9. The molecule has 0 spiro atoms. The Morgan fingerprint density at radius 3 is 2.38 bits per heavy atom. The van der Waals surface area contributed by atoms with Gasteiger partial charge in [0, 0.05) is 16.6 Å². The normalized spacial score (nSPS) is 14.9. The molecule has 178 valence electrons. The minimum absolute atomic E-state index is 0.103. The number of rotatable bonds is 8. The van der Waals surface area contributed by atoms with Gasteiger partial charge in [-0.25, -0.2) is 0 Å². The summed E-state index contributed by atoms with van der Waals surface area (Å²) < 4.78 is 5.29. The number of methoxy groups -OCH3 is 1. The zero-order valence-corrected chi connectivity index (χ0v) is 20.1. The van der Waals surface area contributed by atoms with Crippen molar-refractivity contribution >= 4 is 28.8 Å². The van der Waals surface area contributed by atoms with Crippen LogP contribution >= 0.6 is 11.3 Å². The van der Waals surface area contributed by atoms with E-state index in [0.717, 1.165) is 30.6 Å². The zero-order valence-electron chi connectivity index (χ0n) is 19.3. The minimum Gasteiger partial charge on any atom is -0.508 e. The Morgan fingerprint density at radius 2 is 1.76 bits per heavy atom. The number of carbonyl (C=O) groups excluding carboxylic acids is 2. The van der Waals surface area contributed by atoms with E-state index in [1.165, 1.54) is 17.8 Å². The van der Waals surface area contributed by atoms with Crippen molar-refractivity contribution in [1.29, 1.82) is 0 Å². The maximum Gasteiger partial charge on any atom is 0.248 e. The number of anilines is 1. The van der Waals surface area contributed by atoms with Gasteiger partial charge < -0.3 is 15.2 Å². The molecule has 1 fully saturated rings. The Bertz CT molecular complexity index is 1070. The van der Waals surface area contributed by atoms with Crippen LogP contribution in [-0.4, -0.2) is 30.1 Å². The number of thiophene rings is 1. The molecule has 1 saturated carbocycles. The van der Waals surface area contributed by atoms with E-state index >= 15 is 0 Å². The Balaban J connectivity index is 1.73. The lowest BCUT2D eigenvalue weighted by Gasteiger charge is -2.33. The van der Waals surface area contributed by atoms with E-state index in [0.29, 0.717) is 17.0 Å². The van der Waals surface area contributed by atoms with Gasteiger partial charge in [-0.05, 0) is 66.2 Å². The molecule has 0 aliphatic heterocycles. The molecule has 0 bridgehead atoms. The standard InChI is InChI=1S/C27H30N2O4S/c1-33-23-15-11-21(12-16-23)29(25(31)18-24-8-5-17-34-24)26(19-9-13-22(30)14-10-19)27(32)28-20-6-3-2-4-7-20/h5,8-17,20,26,30H,2-4,6-7,18H2,1H3,(H,28,32). The molecule has 2 amide bonds. The predicted octanol–water partition coefficient (Wildman–Crippen LogP) is 5.23. The SMILES string of the molecule is COc1ccc(N(C(=O)Cc2cccs2)C(C(=O)NC2CCCCC2)c2ccc(O)cc2)cc1. The van der Waals surface area contributed by atoms with Crippen LogP contribution in [0.5, 0.6) is 11.5 Å². The highest BCUT2D eigenvalue weighted by Crippen LogP contribution is 2.32. The Labute approximate surface area is 204 Å². The highest BCUT2D eigenvalue weighted by Gasteiger charge is 2.34. The first-order valence-corrected chi connectivity index (χ1v) is 12.5. The van der Waals surface area contributed by atoms with Crippen LogP contribution in [0.15, 0.2) is 66.0 Å². The highest BCUT2D eigenvalue weighted by atomic mass is 32.1. The average Bonchev–Trinajstić information content (AvgIpc) is 3.37. The van der Waals surface area contributed by atoms with Gasteiger partial charge in [-0.2, -0.15) is 0 Å². The molecule has 0 saturated heterocycles. The number of phenols is 1. The first kappa shape index (κ1) is 23.8. The quantitative estimate of drug-likeness (QED) is 0.465. The number of amides is 2. The molecule has 1 atom stereocenters. The number of nitrogens with one attached hydrogen (secondary N) is 1. The fraction of sp³-hybridized carbons (Fsp3) is 0.333. The monoisotopic (exact) mass is 478 g/mol. The summed E-state index contributed by atoms with van der Waals surface area (Å²) in [7, 11) is 1.59. The van der Waals surface area contributed by atoms with E-state index in [1.807, 2.05) is 17.5 Å². The van der Waals surface area contributed by atoms with Crippen molar-refractivity contribution < 1.29 is 19.4 Å². The third kappa shape index (κ3) is 5.78. The van der Waals surface area contributed by atoms with Crippen LogP contribution in [0.2, 0.25) is 0 Å². The van der Waals surface area contributed by atoms with Gasteiger partial charge in [0.05, 0.1) is 13.5 Å². The van der Waals surface area contributed by atoms with Gasteiger partial charge in [0.1, 0.15) is 17.5 Å². The minimum atomic E-state index is -0.872. The van der Waals surface area contributed by atoms with Crippen LogP contribution in [0.4, 0.5) is 5.69 Å². The summed E-state index contributed by atoms with van der Waals surface area (Å²) in [6.07, 6.45) is 5.45. The number of hydrogen-bond donors (Lipinski definition) is 2. The van der Waals surface area contributed by atoms with Gasteiger partial charge in [-0.3, -0.25) is 14.5 Å². The molecule has 1 heterocycles. The maximum absolute atomic E-state index is 13.8. The summed E-state index contributed by atoms with van der Waals surface area (Å²) in [5.74, 6) is 0.385. The summed E-state index contributed by atoms with van der Waals surface area (Å²) >= 11 is 1.52. The van der Waals surface area contributed by atoms with Crippen molar-refractivity contribution in [1.82, 2.24) is 5.32 Å². The fourth-order valence-corrected chi connectivity index (χ4v) is 5.12. The van der Waals surface area contributed by atoms with Gasteiger partial charge >= 0.3 is 0 Å². The molecule has 1 aromatic heterocycles. The third-order valence-corrected chi connectivity index (χ3v) is 7.07. The molecule has 1 aliphatic rings. The Morgan fingerprint density at radius 1 is 1.06 bits per heavy atom. The van der Waals surface area contributed by atoms with Gasteiger partial charge in [0.15, 0.2) is 0 Å². The van der Waals surface area contributed by atoms with Crippen LogP contribution in [0.1, 0.15) is 48.6 Å². The third-order valence-electron chi connectivity index (χ3n) is 6.19. The van der Waals surface area contributed by atoms with Gasteiger partial charge in [-0.15, -0.1) is 11.3 Å². The fourth-order valence-electron chi connectivity index (χ4n) is 4.43. The summed E-state index contributed by atoms with van der Waals surface area (Å²) in [6, 6.07) is 16.7. The molecule has 34 heavy (non-hydrogen) atoms. The molecule has 2 N–H and O–H groups in total. The smallest absolute Gasteiger partial charge is 0.248 e. The van der Waals surface area contributed by atoms with E-state index in [1.54, 1.807) is 60.5 Å². The molecular formula is C27H30N2O4S. The number of ether oxygens (including phenoxy) is 1. The van der Waals surface area contributed by atoms with Crippen molar-refractivity contribution in [3.05, 3.63) is 76.5 Å². The Kier molecular flexibility index (Phi) is 7.85. The van der Waals surface area contributed by atoms with Crippen molar-refractivity contribution in [3.63, 3.8) is 0 Å². The second-order valence-corrected chi connectivity index (χ2v) is 9.59. The molecule has 2 aromatic carbocycles. The van der Waals surface area contributed by atoms with E-state index in [2.05, 4.69) is 5.32 Å². The lowest BCUT2D eigenvalue weighted by Crippen LogP contribution is -2.47. The molecule has 7 heteroatoms. The van der Waals surface area contributed by atoms with Gasteiger partial charge in [0.2, 0.25) is 11.8 Å². The average molecular weight is 479 g/mol. The topological polar surface area (TPSA) is 78.9 Å². The van der Waals surface area contributed by atoms with E-state index in [-0.39, 0.29) is 30.0 Å². The molecule has 4 rings (SSSR count). The number of phenolic OH excluding ortho intramolecular Hbond substituents is 1. The van der Waals surface area contributed by atoms with Crippen molar-refractivity contribution in [2.45, 2.75) is 50.6 Å². The molecule has 1 aliphatic carbocycles. The Hall–Kier alpha value is -3.32. The summed E-state index contributed by atoms with van der Waals surface area (Å²) in [6.45, 7) is 0. The summed E-state index contributed by atoms with van der Waals surface area (Å²) in [5, 5.41) is 15.0. The van der Waals surface area contributed by atoms with Crippen molar-refractivity contribution in [2.24, 2.45) is 0 Å². The number of nitrogens with zero attached hydrogens (tertiary/aromatic N) is 1. The number of aromatic hydroxyl groups is 1. The first-order chi connectivity index (χ1) is 16.5. The van der Waals surface area contributed by atoms with Crippen molar-refractivity contribution in [3.8, 4) is 11.5 Å². The summed E-state index contributed by atoms with van der Waals surface area (Å²) in [5.41, 5.74) is 1.25. The highest BCUT2D eigenvalue weighted by molar-refractivity contribution is 7.10. The van der Waals surface area contributed by atoms with E-state index in [9.17, 15) is 14.7 Å². The van der Waals surface area contributed by atoms with Crippen LogP contribution < -0.4 is 15.0 Å². The second kappa shape index (κ2) is 11.2. The summed E-state index contributed by atoms with van der Waals surface area (Å²) in [4.78, 5) is 30.0. The maximum atomic E-state index is 13.8. The molecular weight excluding hydrogens is 448 g/mol. The lowest BCUT2D eigenvalue weighted by molar-refractivity contribution is -0.127. The van der Waals surface area contributed by atoms with Crippen molar-refractivity contribution in [2.75, 3.05) is 12.0 Å². The molecule has 3 aromatic rings. The largest absolute Gasteiger partial charge is 0.508 e. The number of carbonyl (C=O) groups is 2. The lowest BCUT2D eigenvalue weighted by atomic mass is 9.94. The van der Waals surface area contributed by atoms with Crippen LogP contribution in [-0.2, 0) is 16.0 Å². The van der Waals surface area contributed by atoms with Crippen LogP contribution in [0.25, 0.3) is 0 Å². The van der Waals surface area contributed by atoms with Crippen LogP contribution in [0.3, 0.4) is 0 Å². The van der Waals surface area contributed by atoms with Gasteiger partial charge in [0.25, 0.3) is 0 Å². The molecule has 1 unspecified atom stereocenters. The number of hydrogen-bond acceptors (Lipinski definition) is 5. The van der Waals surface area contributed by atoms with E-state index < -0.39 is 6.04 Å².